The SMILES string of the molecule is CCC1C([O-])=Nc2c(C)cccc21. The first-order chi connectivity index (χ1) is 6.24. The van der Waals surface area contributed by atoms with Gasteiger partial charge in [0.15, 0.2) is 0 Å². The molecule has 1 aliphatic rings. The largest absolute Gasteiger partial charge is 0.861 e. The minimum atomic E-state index is 0.00917. The smallest absolute Gasteiger partial charge is 0.0686 e. The van der Waals surface area contributed by atoms with Crippen LogP contribution in [0.3, 0.4) is 0 Å². The molecule has 13 heavy (non-hydrogen) atoms. The van der Waals surface area contributed by atoms with Crippen molar-refractivity contribution in [1.82, 2.24) is 0 Å². The third kappa shape index (κ3) is 1.13. The zero-order chi connectivity index (χ0) is 9.42. The van der Waals surface area contributed by atoms with Gasteiger partial charge in [-0.25, -0.2) is 0 Å². The van der Waals surface area contributed by atoms with E-state index in [0.29, 0.717) is 0 Å². The molecule has 0 radical (unpaired) electrons. The van der Waals surface area contributed by atoms with Crippen molar-refractivity contribution in [2.75, 3.05) is 0 Å². The van der Waals surface area contributed by atoms with Crippen molar-refractivity contribution in [2.24, 2.45) is 4.99 Å². The molecule has 0 saturated carbocycles. The summed E-state index contributed by atoms with van der Waals surface area (Å²) in [5, 5.41) is 11.4. The number of hydrogen-bond donors (Lipinski definition) is 0. The third-order valence-corrected chi connectivity index (χ3v) is 2.57. The second-order valence-corrected chi connectivity index (χ2v) is 3.42. The fraction of sp³-hybridized carbons (Fsp3) is 0.364. The van der Waals surface area contributed by atoms with Gasteiger partial charge >= 0.3 is 0 Å². The Morgan fingerprint density at radius 1 is 1.46 bits per heavy atom. The Morgan fingerprint density at radius 2 is 2.23 bits per heavy atom. The van der Waals surface area contributed by atoms with Crippen molar-refractivity contribution in [3.63, 3.8) is 0 Å². The number of fused-ring (bicyclic) bond motifs is 1. The number of benzene rings is 1. The molecule has 1 aliphatic heterocycles. The summed E-state index contributed by atoms with van der Waals surface area (Å²) in [7, 11) is 0. The molecule has 0 N–H and O–H groups in total. The van der Waals surface area contributed by atoms with E-state index in [1.165, 1.54) is 0 Å². The van der Waals surface area contributed by atoms with E-state index in [1.807, 2.05) is 32.0 Å². The highest BCUT2D eigenvalue weighted by molar-refractivity contribution is 5.90. The molecule has 2 nitrogen and oxygen atoms in total. The van der Waals surface area contributed by atoms with Gasteiger partial charge in [-0.15, -0.1) is 0 Å². The van der Waals surface area contributed by atoms with Crippen molar-refractivity contribution in [1.29, 1.82) is 0 Å². The topological polar surface area (TPSA) is 35.4 Å². The van der Waals surface area contributed by atoms with Gasteiger partial charge in [-0.3, -0.25) is 4.99 Å². The fourth-order valence-electron chi connectivity index (χ4n) is 1.83. The number of rotatable bonds is 1. The summed E-state index contributed by atoms with van der Waals surface area (Å²) >= 11 is 0. The normalized spacial score (nSPS) is 19.8. The first kappa shape index (κ1) is 8.30. The van der Waals surface area contributed by atoms with Crippen LogP contribution in [0.1, 0.15) is 30.4 Å². The standard InChI is InChI=1S/C11H13NO/c1-3-8-9-6-4-5-7(2)10(9)12-11(8)13/h4-6,8H,3H2,1-2H3,(H,12,13)/p-1. The number of para-hydroxylation sites is 1. The molecule has 0 aliphatic carbocycles. The van der Waals surface area contributed by atoms with Crippen LogP contribution in [0.15, 0.2) is 23.2 Å². The minimum Gasteiger partial charge on any atom is -0.861 e. The highest BCUT2D eigenvalue weighted by Gasteiger charge is 2.20. The van der Waals surface area contributed by atoms with Crippen LogP contribution < -0.4 is 5.11 Å². The molecule has 2 rings (SSSR count). The van der Waals surface area contributed by atoms with Crippen molar-refractivity contribution in [3.8, 4) is 0 Å². The molecule has 0 saturated heterocycles. The van der Waals surface area contributed by atoms with Gasteiger partial charge in [-0.1, -0.05) is 25.1 Å². The van der Waals surface area contributed by atoms with E-state index in [4.69, 9.17) is 0 Å². The van der Waals surface area contributed by atoms with Crippen LogP contribution in [-0.4, -0.2) is 5.90 Å². The van der Waals surface area contributed by atoms with Crippen LogP contribution in [-0.2, 0) is 0 Å². The maximum Gasteiger partial charge on any atom is 0.0686 e. The van der Waals surface area contributed by atoms with Gasteiger partial charge in [0.25, 0.3) is 0 Å². The van der Waals surface area contributed by atoms with Gasteiger partial charge in [0.2, 0.25) is 0 Å². The number of nitrogens with zero attached hydrogens (tertiary/aromatic N) is 1. The lowest BCUT2D eigenvalue weighted by atomic mass is 9.96. The summed E-state index contributed by atoms with van der Waals surface area (Å²) < 4.78 is 0. The van der Waals surface area contributed by atoms with Crippen molar-refractivity contribution < 1.29 is 5.11 Å². The van der Waals surface area contributed by atoms with E-state index in [-0.39, 0.29) is 11.8 Å². The second kappa shape index (κ2) is 2.87. The molecule has 0 fully saturated rings. The molecule has 0 bridgehead atoms. The lowest BCUT2D eigenvalue weighted by molar-refractivity contribution is -0.219. The van der Waals surface area contributed by atoms with Crippen LogP contribution in [0.4, 0.5) is 5.69 Å². The van der Waals surface area contributed by atoms with Gasteiger partial charge in [-0.2, -0.15) is 0 Å². The van der Waals surface area contributed by atoms with Crippen LogP contribution in [0, 0.1) is 6.92 Å². The summed E-state index contributed by atoms with van der Waals surface area (Å²) in [6.07, 6.45) is 0.846. The van der Waals surface area contributed by atoms with Crippen LogP contribution in [0.25, 0.3) is 0 Å². The molecule has 2 heteroatoms. The van der Waals surface area contributed by atoms with Gasteiger partial charge in [0.1, 0.15) is 0 Å². The number of aliphatic imine (C=N–C) groups is 1. The van der Waals surface area contributed by atoms with Crippen LogP contribution >= 0.6 is 0 Å². The molecule has 1 unspecified atom stereocenters. The van der Waals surface area contributed by atoms with Crippen molar-refractivity contribution in [3.05, 3.63) is 29.3 Å². The molecule has 1 aromatic carbocycles. The van der Waals surface area contributed by atoms with E-state index >= 15 is 0 Å². The number of aryl methyl sites for hydroxylation is 1. The summed E-state index contributed by atoms with van der Waals surface area (Å²) in [6, 6.07) is 5.99. The van der Waals surface area contributed by atoms with Crippen molar-refractivity contribution in [2.45, 2.75) is 26.2 Å². The summed E-state index contributed by atoms with van der Waals surface area (Å²) in [5.74, 6) is 0.0294. The van der Waals surface area contributed by atoms with Gasteiger partial charge in [0, 0.05) is 5.92 Å². The minimum absolute atomic E-state index is 0.00917. The zero-order valence-corrected chi connectivity index (χ0v) is 7.87. The van der Waals surface area contributed by atoms with Gasteiger partial charge in [0.05, 0.1) is 5.69 Å². The molecular formula is C11H12NO-. The monoisotopic (exact) mass is 174 g/mol. The Hall–Kier alpha value is -1.31. The van der Waals surface area contributed by atoms with E-state index in [1.54, 1.807) is 0 Å². The highest BCUT2D eigenvalue weighted by atomic mass is 16.3. The van der Waals surface area contributed by atoms with Gasteiger partial charge in [-0.05, 0) is 30.4 Å². The average Bonchev–Trinajstić information content (AvgIpc) is 2.43. The van der Waals surface area contributed by atoms with Crippen LogP contribution in [0.5, 0.6) is 0 Å². The van der Waals surface area contributed by atoms with Crippen molar-refractivity contribution >= 4 is 11.6 Å². The lowest BCUT2D eigenvalue weighted by Crippen LogP contribution is -2.21. The molecular weight excluding hydrogens is 162 g/mol. The highest BCUT2D eigenvalue weighted by Crippen LogP contribution is 2.37. The molecule has 1 heterocycles. The quantitative estimate of drug-likeness (QED) is 0.640. The number of hydrogen-bond acceptors (Lipinski definition) is 2. The summed E-state index contributed by atoms with van der Waals surface area (Å²) in [6.45, 7) is 4.02. The molecule has 0 aromatic heterocycles. The van der Waals surface area contributed by atoms with E-state index in [9.17, 15) is 5.11 Å². The zero-order valence-electron chi connectivity index (χ0n) is 7.87. The maximum atomic E-state index is 11.4. The Morgan fingerprint density at radius 3 is 2.92 bits per heavy atom. The molecule has 0 spiro atoms. The van der Waals surface area contributed by atoms with E-state index in [0.717, 1.165) is 23.2 Å². The summed E-state index contributed by atoms with van der Waals surface area (Å²) in [4.78, 5) is 4.06. The Kier molecular flexibility index (Phi) is 1.83. The average molecular weight is 174 g/mol. The predicted molar refractivity (Wildman–Crippen MR) is 51.3 cm³/mol. The second-order valence-electron chi connectivity index (χ2n) is 3.42. The Labute approximate surface area is 77.9 Å². The van der Waals surface area contributed by atoms with E-state index in [2.05, 4.69) is 4.99 Å². The Balaban J connectivity index is 2.57. The maximum absolute atomic E-state index is 11.4. The van der Waals surface area contributed by atoms with Crippen LogP contribution in [0.2, 0.25) is 0 Å². The predicted octanol–water partition coefficient (Wildman–Crippen LogP) is 1.89. The first-order valence-corrected chi connectivity index (χ1v) is 4.59. The first-order valence-electron chi connectivity index (χ1n) is 4.59. The summed E-state index contributed by atoms with van der Waals surface area (Å²) in [5.41, 5.74) is 3.11. The lowest BCUT2D eigenvalue weighted by Gasteiger charge is -2.14. The molecule has 0 amide bonds. The molecule has 68 valence electrons. The Bertz CT molecular complexity index is 368. The van der Waals surface area contributed by atoms with E-state index < -0.39 is 0 Å². The fourth-order valence-corrected chi connectivity index (χ4v) is 1.83. The molecule has 1 atom stereocenters. The molecule has 1 aromatic rings. The van der Waals surface area contributed by atoms with Gasteiger partial charge < -0.3 is 5.11 Å². The third-order valence-electron chi connectivity index (χ3n) is 2.57.